The Bertz CT molecular complexity index is 1430. The summed E-state index contributed by atoms with van der Waals surface area (Å²) < 4.78 is 35.7. The number of rotatable bonds is 8. The Kier molecular flexibility index (Phi) is 12.3. The van der Waals surface area contributed by atoms with E-state index in [2.05, 4.69) is 32.6 Å². The van der Waals surface area contributed by atoms with Crippen LogP contribution in [0.1, 0.15) is 68.0 Å². The molecule has 2 aromatic heterocycles. The Hall–Kier alpha value is -4.00. The molecule has 0 aromatic carbocycles. The van der Waals surface area contributed by atoms with Crippen LogP contribution in [-0.4, -0.2) is 70.4 Å². The van der Waals surface area contributed by atoms with Gasteiger partial charge in [0.25, 0.3) is 0 Å². The van der Waals surface area contributed by atoms with Crippen molar-refractivity contribution in [1.82, 2.24) is 15.0 Å². The molecule has 2 rings (SSSR count). The van der Waals surface area contributed by atoms with E-state index in [4.69, 9.17) is 18.7 Å². The molecule has 0 aliphatic heterocycles. The number of aromatic nitrogens is 2. The first kappa shape index (κ1) is 37.2. The molecule has 2 aromatic rings. The van der Waals surface area contributed by atoms with Gasteiger partial charge in [-0.1, -0.05) is 23.9 Å². The van der Waals surface area contributed by atoms with Gasteiger partial charge < -0.3 is 23.6 Å². The molecule has 0 spiro atoms. The fourth-order valence-electron chi connectivity index (χ4n) is 3.46. The van der Waals surface area contributed by atoms with Crippen molar-refractivity contribution in [3.63, 3.8) is 0 Å². The monoisotopic (exact) mass is 692 g/mol. The predicted molar refractivity (Wildman–Crippen MR) is 173 cm³/mol. The van der Waals surface area contributed by atoms with Crippen LogP contribution in [0, 0.1) is 0 Å². The van der Waals surface area contributed by atoms with E-state index in [9.17, 15) is 18.8 Å². The van der Waals surface area contributed by atoms with E-state index in [1.165, 1.54) is 17.2 Å². The van der Waals surface area contributed by atoms with Crippen molar-refractivity contribution in [1.29, 1.82) is 0 Å². The topological polar surface area (TPSA) is 124 Å². The zero-order valence-electron chi connectivity index (χ0n) is 27.5. The Morgan fingerprint density at radius 2 is 1.47 bits per heavy atom. The van der Waals surface area contributed by atoms with Gasteiger partial charge in [0.1, 0.15) is 29.2 Å². The fourth-order valence-corrected chi connectivity index (χ4v) is 3.79. The first-order valence-electron chi connectivity index (χ1n) is 14.1. The predicted octanol–water partition coefficient (Wildman–Crippen LogP) is 8.51. The lowest BCUT2D eigenvalue weighted by Crippen LogP contribution is -2.44. The smallest absolute Gasteiger partial charge is 0.425 e. The van der Waals surface area contributed by atoms with E-state index in [1.807, 2.05) is 0 Å². The van der Waals surface area contributed by atoms with Crippen LogP contribution in [0.4, 0.5) is 24.6 Å². The van der Waals surface area contributed by atoms with Gasteiger partial charge in [0, 0.05) is 30.3 Å². The van der Waals surface area contributed by atoms with Gasteiger partial charge in [-0.15, -0.1) is 0 Å². The summed E-state index contributed by atoms with van der Waals surface area (Å²) in [6.45, 7) is 18.6. The highest BCUT2D eigenvalue weighted by Gasteiger charge is 2.36. The second-order valence-electron chi connectivity index (χ2n) is 13.0. The summed E-state index contributed by atoms with van der Waals surface area (Å²) in [6.07, 6.45) is 3.40. The lowest BCUT2D eigenvalue weighted by atomic mass is 10.1. The normalized spacial score (nSPS) is 12.6. The third-order valence-corrected chi connectivity index (χ3v) is 5.70. The molecule has 246 valence electrons. The molecule has 0 saturated carbocycles. The molecule has 0 unspecified atom stereocenters. The van der Waals surface area contributed by atoms with Gasteiger partial charge in [-0.2, -0.15) is 4.90 Å². The molecule has 0 radical (unpaired) electrons. The quantitative estimate of drug-likeness (QED) is 0.198. The minimum atomic E-state index is -0.997. The van der Waals surface area contributed by atoms with Gasteiger partial charge in [0.15, 0.2) is 11.6 Å². The zero-order valence-corrected chi connectivity index (χ0v) is 29.1. The summed E-state index contributed by atoms with van der Waals surface area (Å²) >= 11 is 3.37. The molecule has 11 nitrogen and oxygen atoms in total. The largest absolute Gasteiger partial charge is 0.444 e. The number of allylic oxidation sites excluding steroid dienone is 3. The lowest BCUT2D eigenvalue weighted by Gasteiger charge is -2.28. The van der Waals surface area contributed by atoms with Gasteiger partial charge in [-0.25, -0.2) is 23.8 Å². The minimum absolute atomic E-state index is 0.0882. The Balaban J connectivity index is 2.43. The molecule has 0 bridgehead atoms. The molecular weight excluding hydrogens is 651 g/mol. The summed E-state index contributed by atoms with van der Waals surface area (Å²) in [5.74, 6) is 0.0496. The molecule has 3 amide bonds. The molecular formula is C32H42BrFN4O7. The maximum atomic E-state index is 13.3. The molecule has 0 saturated heterocycles. The summed E-state index contributed by atoms with van der Waals surface area (Å²) in [5.41, 5.74) is -1.08. The van der Waals surface area contributed by atoms with E-state index in [-0.39, 0.29) is 23.7 Å². The van der Waals surface area contributed by atoms with Gasteiger partial charge in [-0.3, -0.25) is 0 Å². The number of nitrogens with zero attached hydrogens (tertiary/aromatic N) is 4. The van der Waals surface area contributed by atoms with Crippen LogP contribution in [0.3, 0.4) is 0 Å². The van der Waals surface area contributed by atoms with Crippen molar-refractivity contribution in [3.05, 3.63) is 58.9 Å². The molecule has 0 fully saturated rings. The number of likely N-dealkylation sites (N-methyl/N-ethyl adjacent to an activating group) is 1. The molecule has 0 N–H and O–H groups in total. The summed E-state index contributed by atoms with van der Waals surface area (Å²) in [7, 11) is 1.55. The van der Waals surface area contributed by atoms with Crippen molar-refractivity contribution < 1.29 is 37.5 Å². The number of hydrogen-bond donors (Lipinski definition) is 0. The van der Waals surface area contributed by atoms with E-state index >= 15 is 0 Å². The van der Waals surface area contributed by atoms with Gasteiger partial charge in [0.2, 0.25) is 0 Å². The van der Waals surface area contributed by atoms with E-state index in [0.29, 0.717) is 26.2 Å². The van der Waals surface area contributed by atoms with Gasteiger partial charge >= 0.3 is 18.3 Å². The summed E-state index contributed by atoms with van der Waals surface area (Å²) in [6, 6.07) is 3.15. The number of halogens is 2. The first-order valence-corrected chi connectivity index (χ1v) is 14.8. The molecule has 45 heavy (non-hydrogen) atoms. The van der Waals surface area contributed by atoms with Crippen molar-refractivity contribution in [3.8, 4) is 11.3 Å². The average Bonchev–Trinajstić information content (AvgIpc) is 3.35. The lowest BCUT2D eigenvalue weighted by molar-refractivity contribution is 0.0312. The van der Waals surface area contributed by atoms with Crippen LogP contribution in [-0.2, 0) is 14.2 Å². The van der Waals surface area contributed by atoms with Crippen LogP contribution < -0.4 is 4.90 Å². The highest BCUT2D eigenvalue weighted by Crippen LogP contribution is 2.35. The third-order valence-electron chi connectivity index (χ3n) is 5.26. The van der Waals surface area contributed by atoms with Gasteiger partial charge in [0.05, 0.1) is 5.56 Å². The number of pyridine rings is 1. The number of anilines is 1. The van der Waals surface area contributed by atoms with Crippen LogP contribution in [0.5, 0.6) is 0 Å². The Labute approximate surface area is 272 Å². The molecule has 0 atom stereocenters. The number of imide groups is 1. The first-order chi connectivity index (χ1) is 20.6. The molecule has 13 heteroatoms. The molecule has 0 aliphatic carbocycles. The SMILES string of the molecule is C=C(/C=C\C(=C/CF)CN(C)C(=O)OC(C)(C)C)c1cc(-c2cc(Br)cnc2N(C(=O)OC(C)(C)C)C(=O)OC(C)(C)C)on1. The van der Waals surface area contributed by atoms with Crippen molar-refractivity contribution in [2.75, 3.05) is 25.2 Å². The zero-order chi connectivity index (χ0) is 34.3. The number of ether oxygens (including phenoxy) is 3. The van der Waals surface area contributed by atoms with Crippen LogP contribution >= 0.6 is 15.9 Å². The second kappa shape index (κ2) is 14.9. The van der Waals surface area contributed by atoms with Crippen LogP contribution in [0.25, 0.3) is 16.9 Å². The number of amides is 3. The highest BCUT2D eigenvalue weighted by molar-refractivity contribution is 9.10. The van der Waals surface area contributed by atoms with Crippen molar-refractivity contribution in [2.45, 2.75) is 79.1 Å². The number of alkyl halides is 1. The van der Waals surface area contributed by atoms with E-state index < -0.39 is 41.8 Å². The fraction of sp³-hybridized carbons (Fsp3) is 0.469. The second-order valence-corrected chi connectivity index (χ2v) is 13.9. The van der Waals surface area contributed by atoms with Crippen LogP contribution in [0.15, 0.2) is 57.7 Å². The Morgan fingerprint density at radius 1 is 0.933 bits per heavy atom. The standard InChI is InChI=1S/C32H42BrFN4O7/c1-20(12-13-21(14-15-34)19-37(11)27(39)42-30(2,3)4)24-17-25(45-36-24)23-16-22(33)18-35-26(23)38(28(40)43-31(5,6)7)29(41)44-32(8,9)10/h12-14,16-18H,1,15,19H2,2-11H3/b13-12-,21-14+. The highest BCUT2D eigenvalue weighted by atomic mass is 79.9. The number of hydrogen-bond acceptors (Lipinski definition) is 9. The van der Waals surface area contributed by atoms with Crippen LogP contribution in [0.2, 0.25) is 0 Å². The van der Waals surface area contributed by atoms with Crippen molar-refractivity contribution >= 4 is 45.6 Å². The van der Waals surface area contributed by atoms with Crippen molar-refractivity contribution in [2.24, 2.45) is 0 Å². The minimum Gasteiger partial charge on any atom is -0.444 e. The molecule has 0 aliphatic rings. The number of carbonyl (C=O) groups excluding carboxylic acids is 3. The maximum absolute atomic E-state index is 13.3. The molecule has 2 heterocycles. The van der Waals surface area contributed by atoms with E-state index in [0.717, 1.165) is 0 Å². The average molecular weight is 694 g/mol. The summed E-state index contributed by atoms with van der Waals surface area (Å²) in [4.78, 5) is 45.3. The van der Waals surface area contributed by atoms with E-state index in [1.54, 1.807) is 93.6 Å². The maximum Gasteiger partial charge on any atom is 0.425 e. The number of carbonyl (C=O) groups is 3. The Morgan fingerprint density at radius 3 is 1.98 bits per heavy atom. The third kappa shape index (κ3) is 12.1. The van der Waals surface area contributed by atoms with Gasteiger partial charge in [-0.05, 0) is 102 Å². The summed E-state index contributed by atoms with van der Waals surface area (Å²) in [5, 5.41) is 4.09.